The highest BCUT2D eigenvalue weighted by Crippen LogP contribution is 2.41. The van der Waals surface area contributed by atoms with Crippen molar-refractivity contribution < 1.29 is 5.11 Å². The molecule has 16 heavy (non-hydrogen) atoms. The topological polar surface area (TPSA) is 20.2 Å². The van der Waals surface area contributed by atoms with Crippen LogP contribution in [0.5, 0.6) is 0 Å². The van der Waals surface area contributed by atoms with Gasteiger partial charge in [-0.1, -0.05) is 49.6 Å². The van der Waals surface area contributed by atoms with Crippen LogP contribution in [0.1, 0.15) is 50.2 Å². The molecule has 2 rings (SSSR count). The van der Waals surface area contributed by atoms with Crippen molar-refractivity contribution in [3.63, 3.8) is 0 Å². The summed E-state index contributed by atoms with van der Waals surface area (Å²) in [5, 5.41) is 10.8. The van der Waals surface area contributed by atoms with E-state index < -0.39 is 5.60 Å². The second kappa shape index (κ2) is 4.58. The number of hydrogen-bond acceptors (Lipinski definition) is 1. The highest BCUT2D eigenvalue weighted by Gasteiger charge is 2.35. The maximum Gasteiger partial charge on any atom is 0.0899 e. The Morgan fingerprint density at radius 3 is 2.94 bits per heavy atom. The molecule has 1 aliphatic carbocycles. The van der Waals surface area contributed by atoms with E-state index in [4.69, 9.17) is 0 Å². The molecular formula is C15H22O. The summed E-state index contributed by atoms with van der Waals surface area (Å²) in [6, 6.07) is 8.36. The van der Waals surface area contributed by atoms with Crippen molar-refractivity contribution >= 4 is 0 Å². The molecule has 1 heteroatoms. The number of aryl methyl sites for hydroxylation is 1. The Balaban J connectivity index is 2.23. The predicted octanol–water partition coefficient (Wildman–Crippen LogP) is 3.78. The number of rotatable bonds is 2. The first kappa shape index (κ1) is 11.7. The molecule has 0 heterocycles. The van der Waals surface area contributed by atoms with Crippen molar-refractivity contribution in [1.82, 2.24) is 0 Å². The van der Waals surface area contributed by atoms with Gasteiger partial charge >= 0.3 is 0 Å². The van der Waals surface area contributed by atoms with Gasteiger partial charge < -0.3 is 5.11 Å². The van der Waals surface area contributed by atoms with Crippen LogP contribution in [-0.4, -0.2) is 5.11 Å². The van der Waals surface area contributed by atoms with Crippen molar-refractivity contribution in [2.75, 3.05) is 0 Å². The van der Waals surface area contributed by atoms with E-state index in [-0.39, 0.29) is 0 Å². The van der Waals surface area contributed by atoms with Crippen molar-refractivity contribution in [3.05, 3.63) is 35.4 Å². The Hall–Kier alpha value is -0.820. The maximum atomic E-state index is 10.8. The fourth-order valence-electron chi connectivity index (χ4n) is 2.91. The lowest BCUT2D eigenvalue weighted by molar-refractivity contribution is -0.0217. The molecule has 0 bridgehead atoms. The average Bonchev–Trinajstić information content (AvgIpc) is 2.29. The van der Waals surface area contributed by atoms with Crippen LogP contribution in [0.2, 0.25) is 0 Å². The van der Waals surface area contributed by atoms with Gasteiger partial charge in [-0.05, 0) is 37.7 Å². The molecule has 1 nitrogen and oxygen atoms in total. The maximum absolute atomic E-state index is 10.8. The summed E-state index contributed by atoms with van der Waals surface area (Å²) in [6.45, 7) is 4.32. The first-order valence-electron chi connectivity index (χ1n) is 6.43. The largest absolute Gasteiger partial charge is 0.385 e. The molecule has 88 valence electrons. The van der Waals surface area contributed by atoms with Crippen molar-refractivity contribution in [2.45, 2.75) is 51.6 Å². The smallest absolute Gasteiger partial charge is 0.0899 e. The Bertz CT molecular complexity index is 358. The van der Waals surface area contributed by atoms with Gasteiger partial charge in [0.05, 0.1) is 5.60 Å². The molecule has 1 aromatic carbocycles. The number of hydrogen-bond donors (Lipinski definition) is 1. The van der Waals surface area contributed by atoms with Gasteiger partial charge in [0.25, 0.3) is 0 Å². The molecule has 0 spiro atoms. The molecule has 0 amide bonds. The molecule has 0 aliphatic heterocycles. The molecule has 0 saturated heterocycles. The Morgan fingerprint density at radius 2 is 2.25 bits per heavy atom. The molecular weight excluding hydrogens is 196 g/mol. The monoisotopic (exact) mass is 218 g/mol. The zero-order valence-electron chi connectivity index (χ0n) is 10.4. The second-order valence-corrected chi connectivity index (χ2v) is 5.27. The highest BCUT2D eigenvalue weighted by molar-refractivity contribution is 5.28. The van der Waals surface area contributed by atoms with Gasteiger partial charge in [-0.3, -0.25) is 0 Å². The molecule has 1 saturated carbocycles. The third-order valence-electron chi connectivity index (χ3n) is 3.96. The van der Waals surface area contributed by atoms with Crippen LogP contribution in [-0.2, 0) is 5.60 Å². The van der Waals surface area contributed by atoms with Gasteiger partial charge in [0.1, 0.15) is 0 Å². The van der Waals surface area contributed by atoms with E-state index in [9.17, 15) is 5.11 Å². The zero-order valence-corrected chi connectivity index (χ0v) is 10.4. The summed E-state index contributed by atoms with van der Waals surface area (Å²) in [6.07, 6.45) is 5.49. The molecule has 2 unspecified atom stereocenters. The lowest BCUT2D eigenvalue weighted by Gasteiger charge is -2.37. The van der Waals surface area contributed by atoms with Gasteiger partial charge in [-0.25, -0.2) is 0 Å². The van der Waals surface area contributed by atoms with Crippen LogP contribution in [0.3, 0.4) is 0 Å². The third-order valence-corrected chi connectivity index (χ3v) is 3.96. The summed E-state index contributed by atoms with van der Waals surface area (Å²) in [5.74, 6) is 0.694. The zero-order chi connectivity index (χ0) is 11.6. The number of benzene rings is 1. The van der Waals surface area contributed by atoms with Gasteiger partial charge in [-0.2, -0.15) is 0 Å². The molecule has 0 aromatic heterocycles. The average molecular weight is 218 g/mol. The minimum absolute atomic E-state index is 0.565. The van der Waals surface area contributed by atoms with Gasteiger partial charge in [0.15, 0.2) is 0 Å². The molecule has 1 fully saturated rings. The second-order valence-electron chi connectivity index (χ2n) is 5.27. The minimum Gasteiger partial charge on any atom is -0.385 e. The van der Waals surface area contributed by atoms with E-state index >= 15 is 0 Å². The molecule has 0 radical (unpaired) electrons. The van der Waals surface area contributed by atoms with Crippen LogP contribution in [0.25, 0.3) is 0 Å². The summed E-state index contributed by atoms with van der Waals surface area (Å²) in [5.41, 5.74) is 1.79. The summed E-state index contributed by atoms with van der Waals surface area (Å²) in [7, 11) is 0. The van der Waals surface area contributed by atoms with Gasteiger partial charge in [0, 0.05) is 0 Å². The van der Waals surface area contributed by atoms with Crippen molar-refractivity contribution in [2.24, 2.45) is 5.92 Å². The van der Waals surface area contributed by atoms with Crippen LogP contribution < -0.4 is 0 Å². The molecule has 1 aromatic rings. The van der Waals surface area contributed by atoms with Crippen LogP contribution >= 0.6 is 0 Å². The standard InChI is InChI=1S/C15H22O/c1-3-13-7-5-9-15(16,11-13)14-8-4-6-12(2)10-14/h4,6,8,10,13,16H,3,5,7,9,11H2,1-2H3. The normalized spacial score (nSPS) is 30.3. The van der Waals surface area contributed by atoms with Crippen LogP contribution in [0.15, 0.2) is 24.3 Å². The Kier molecular flexibility index (Phi) is 3.34. The molecule has 1 N–H and O–H groups in total. The lowest BCUT2D eigenvalue weighted by atomic mass is 9.73. The fraction of sp³-hybridized carbons (Fsp3) is 0.600. The Labute approximate surface area is 98.5 Å². The van der Waals surface area contributed by atoms with Gasteiger partial charge in [0.2, 0.25) is 0 Å². The van der Waals surface area contributed by atoms with E-state index in [1.54, 1.807) is 0 Å². The first-order chi connectivity index (χ1) is 7.64. The minimum atomic E-state index is -0.565. The van der Waals surface area contributed by atoms with E-state index in [0.717, 1.165) is 24.8 Å². The quantitative estimate of drug-likeness (QED) is 0.801. The SMILES string of the molecule is CCC1CCCC(O)(c2cccc(C)c2)C1. The number of aliphatic hydroxyl groups is 1. The fourth-order valence-corrected chi connectivity index (χ4v) is 2.91. The molecule has 1 aliphatic rings. The molecule has 2 atom stereocenters. The third kappa shape index (κ3) is 2.30. The summed E-state index contributed by atoms with van der Waals surface area (Å²) >= 11 is 0. The lowest BCUT2D eigenvalue weighted by Crippen LogP contribution is -2.32. The van der Waals surface area contributed by atoms with Gasteiger partial charge in [-0.15, -0.1) is 0 Å². The van der Waals surface area contributed by atoms with E-state index in [1.807, 2.05) is 0 Å². The van der Waals surface area contributed by atoms with Crippen molar-refractivity contribution in [3.8, 4) is 0 Å². The van der Waals surface area contributed by atoms with E-state index in [0.29, 0.717) is 5.92 Å². The predicted molar refractivity (Wildman–Crippen MR) is 67.3 cm³/mol. The Morgan fingerprint density at radius 1 is 1.44 bits per heavy atom. The van der Waals surface area contributed by atoms with Crippen LogP contribution in [0.4, 0.5) is 0 Å². The summed E-state index contributed by atoms with van der Waals surface area (Å²) < 4.78 is 0. The van der Waals surface area contributed by atoms with E-state index in [1.165, 1.54) is 18.4 Å². The van der Waals surface area contributed by atoms with E-state index in [2.05, 4.69) is 38.1 Å². The first-order valence-corrected chi connectivity index (χ1v) is 6.43. The summed E-state index contributed by atoms with van der Waals surface area (Å²) in [4.78, 5) is 0. The van der Waals surface area contributed by atoms with Crippen molar-refractivity contribution in [1.29, 1.82) is 0 Å². The van der Waals surface area contributed by atoms with Crippen LogP contribution in [0, 0.1) is 12.8 Å². The highest BCUT2D eigenvalue weighted by atomic mass is 16.3.